The Hall–Kier alpha value is -2.70. The summed E-state index contributed by atoms with van der Waals surface area (Å²) in [5.74, 6) is -2.66. The van der Waals surface area contributed by atoms with E-state index < -0.39 is 35.8 Å². The average molecular weight is 332 g/mol. The number of imide groups is 1. The van der Waals surface area contributed by atoms with Gasteiger partial charge in [-0.2, -0.15) is 0 Å². The number of amides is 3. The van der Waals surface area contributed by atoms with Gasteiger partial charge in [-0.1, -0.05) is 26.0 Å². The Bertz CT molecular complexity index is 663. The fourth-order valence-electron chi connectivity index (χ4n) is 2.56. The predicted octanol–water partition coefficient (Wildman–Crippen LogP) is 1.11. The number of nitrogens with zero attached hydrogens (tertiary/aromatic N) is 1. The van der Waals surface area contributed by atoms with Crippen LogP contribution in [0.15, 0.2) is 24.3 Å². The Labute approximate surface area is 139 Å². The molecule has 7 heteroatoms. The summed E-state index contributed by atoms with van der Waals surface area (Å²) in [6.45, 7) is 5.06. The lowest BCUT2D eigenvalue weighted by Crippen LogP contribution is -2.48. The molecule has 0 bridgehead atoms. The first kappa shape index (κ1) is 17.7. The Morgan fingerprint density at radius 1 is 1.08 bits per heavy atom. The second-order valence-electron chi connectivity index (χ2n) is 6.15. The lowest BCUT2D eigenvalue weighted by atomic mass is 10.0. The zero-order chi connectivity index (χ0) is 18.0. The van der Waals surface area contributed by atoms with Crippen LogP contribution < -0.4 is 5.73 Å². The Kier molecular flexibility index (Phi) is 5.02. The molecule has 2 rings (SSSR count). The van der Waals surface area contributed by atoms with Crippen molar-refractivity contribution < 1.29 is 23.9 Å². The van der Waals surface area contributed by atoms with Gasteiger partial charge in [-0.25, -0.2) is 4.79 Å². The van der Waals surface area contributed by atoms with Gasteiger partial charge in [0.15, 0.2) is 6.10 Å². The van der Waals surface area contributed by atoms with Gasteiger partial charge in [-0.3, -0.25) is 19.3 Å². The molecule has 1 aromatic rings. The first-order valence-corrected chi connectivity index (χ1v) is 7.70. The third-order valence-corrected chi connectivity index (χ3v) is 3.80. The molecule has 0 unspecified atom stereocenters. The van der Waals surface area contributed by atoms with Crippen molar-refractivity contribution in [2.75, 3.05) is 0 Å². The Balaban J connectivity index is 2.32. The number of rotatable bonds is 6. The molecule has 0 aromatic heterocycles. The molecule has 24 heavy (non-hydrogen) atoms. The van der Waals surface area contributed by atoms with Crippen molar-refractivity contribution in [1.29, 1.82) is 0 Å². The summed E-state index contributed by atoms with van der Waals surface area (Å²) < 4.78 is 5.02. The van der Waals surface area contributed by atoms with Crippen LogP contribution in [0.4, 0.5) is 0 Å². The van der Waals surface area contributed by atoms with Crippen LogP contribution in [0.5, 0.6) is 0 Å². The van der Waals surface area contributed by atoms with Crippen LogP contribution >= 0.6 is 0 Å². The van der Waals surface area contributed by atoms with Crippen molar-refractivity contribution in [3.8, 4) is 0 Å². The maximum atomic E-state index is 12.6. The van der Waals surface area contributed by atoms with Gasteiger partial charge in [0.1, 0.15) is 6.04 Å². The minimum absolute atomic E-state index is 0.0238. The van der Waals surface area contributed by atoms with E-state index in [1.165, 1.54) is 6.92 Å². The summed E-state index contributed by atoms with van der Waals surface area (Å²) in [4.78, 5) is 49.6. The second kappa shape index (κ2) is 6.82. The predicted molar refractivity (Wildman–Crippen MR) is 84.9 cm³/mol. The molecule has 0 aliphatic carbocycles. The lowest BCUT2D eigenvalue weighted by Gasteiger charge is -2.26. The van der Waals surface area contributed by atoms with Crippen molar-refractivity contribution in [3.63, 3.8) is 0 Å². The van der Waals surface area contributed by atoms with Gasteiger partial charge < -0.3 is 10.5 Å². The zero-order valence-electron chi connectivity index (χ0n) is 13.8. The van der Waals surface area contributed by atoms with Gasteiger partial charge in [-0.15, -0.1) is 0 Å². The van der Waals surface area contributed by atoms with E-state index in [1.807, 2.05) is 13.8 Å². The lowest BCUT2D eigenvalue weighted by molar-refractivity contribution is -0.158. The van der Waals surface area contributed by atoms with E-state index in [9.17, 15) is 19.2 Å². The van der Waals surface area contributed by atoms with Crippen molar-refractivity contribution in [2.24, 2.45) is 11.7 Å². The largest absolute Gasteiger partial charge is 0.451 e. The molecular formula is C17H20N2O5. The number of hydrogen-bond donors (Lipinski definition) is 1. The quantitative estimate of drug-likeness (QED) is 0.620. The maximum Gasteiger partial charge on any atom is 0.330 e. The minimum Gasteiger partial charge on any atom is -0.451 e. The summed E-state index contributed by atoms with van der Waals surface area (Å²) in [5.41, 5.74) is 5.61. The summed E-state index contributed by atoms with van der Waals surface area (Å²) >= 11 is 0. The molecule has 0 saturated heterocycles. The van der Waals surface area contributed by atoms with E-state index in [0.29, 0.717) is 0 Å². The number of carbonyl (C=O) groups excluding carboxylic acids is 4. The van der Waals surface area contributed by atoms with Gasteiger partial charge in [0.05, 0.1) is 11.1 Å². The molecule has 1 aromatic carbocycles. The van der Waals surface area contributed by atoms with Crippen molar-refractivity contribution in [2.45, 2.75) is 39.3 Å². The van der Waals surface area contributed by atoms with E-state index in [4.69, 9.17) is 10.5 Å². The molecule has 1 heterocycles. The molecule has 1 aliphatic rings. The zero-order valence-corrected chi connectivity index (χ0v) is 13.8. The number of fused-ring (bicyclic) bond motifs is 1. The van der Waals surface area contributed by atoms with Crippen molar-refractivity contribution in [3.05, 3.63) is 35.4 Å². The van der Waals surface area contributed by atoms with Gasteiger partial charge >= 0.3 is 5.97 Å². The van der Waals surface area contributed by atoms with Crippen LogP contribution in [0.25, 0.3) is 0 Å². The van der Waals surface area contributed by atoms with Crippen LogP contribution in [-0.2, 0) is 14.3 Å². The summed E-state index contributed by atoms with van der Waals surface area (Å²) in [6.07, 6.45) is -0.905. The van der Waals surface area contributed by atoms with E-state index in [-0.39, 0.29) is 23.5 Å². The number of primary amides is 1. The van der Waals surface area contributed by atoms with Crippen LogP contribution in [0.1, 0.15) is 47.9 Å². The van der Waals surface area contributed by atoms with Gasteiger partial charge in [0, 0.05) is 0 Å². The standard InChI is InChI=1S/C17H20N2O5/c1-9(2)8-13(17(23)24-10(3)14(18)20)19-15(21)11-6-4-5-7-12(11)16(19)22/h4-7,9-10,13H,8H2,1-3H3,(H2,18,20)/t10-,13-/m1/s1. The Morgan fingerprint density at radius 3 is 2.00 bits per heavy atom. The highest BCUT2D eigenvalue weighted by molar-refractivity contribution is 6.22. The number of nitrogens with two attached hydrogens (primary N) is 1. The number of ether oxygens (including phenoxy) is 1. The highest BCUT2D eigenvalue weighted by Gasteiger charge is 2.43. The van der Waals surface area contributed by atoms with Crippen LogP contribution in [-0.4, -0.2) is 40.7 Å². The van der Waals surface area contributed by atoms with Crippen molar-refractivity contribution >= 4 is 23.7 Å². The first-order valence-electron chi connectivity index (χ1n) is 7.70. The van der Waals surface area contributed by atoms with E-state index in [1.54, 1.807) is 24.3 Å². The number of esters is 1. The fraction of sp³-hybridized carbons (Fsp3) is 0.412. The number of carbonyl (C=O) groups is 4. The monoisotopic (exact) mass is 332 g/mol. The summed E-state index contributed by atoms with van der Waals surface area (Å²) in [7, 11) is 0. The molecule has 2 N–H and O–H groups in total. The maximum absolute atomic E-state index is 12.6. The fourth-order valence-corrected chi connectivity index (χ4v) is 2.56. The first-order chi connectivity index (χ1) is 11.2. The van der Waals surface area contributed by atoms with Crippen LogP contribution in [0, 0.1) is 5.92 Å². The molecule has 3 amide bonds. The molecule has 0 saturated carbocycles. The van der Waals surface area contributed by atoms with E-state index in [2.05, 4.69) is 0 Å². The highest BCUT2D eigenvalue weighted by Crippen LogP contribution is 2.27. The van der Waals surface area contributed by atoms with Gasteiger partial charge in [0.25, 0.3) is 17.7 Å². The molecular weight excluding hydrogens is 312 g/mol. The number of benzene rings is 1. The normalized spacial score (nSPS) is 16.1. The SMILES string of the molecule is CC(C)C[C@H](C(=O)O[C@H](C)C(N)=O)N1C(=O)c2ccccc2C1=O. The topological polar surface area (TPSA) is 107 Å². The average Bonchev–Trinajstić information content (AvgIpc) is 2.77. The third kappa shape index (κ3) is 3.29. The summed E-state index contributed by atoms with van der Waals surface area (Å²) in [5, 5.41) is 0. The van der Waals surface area contributed by atoms with Crippen LogP contribution in [0.3, 0.4) is 0 Å². The van der Waals surface area contributed by atoms with E-state index >= 15 is 0 Å². The molecule has 0 spiro atoms. The van der Waals surface area contributed by atoms with Gasteiger partial charge in [-0.05, 0) is 31.4 Å². The van der Waals surface area contributed by atoms with Crippen molar-refractivity contribution in [1.82, 2.24) is 4.90 Å². The second-order valence-corrected chi connectivity index (χ2v) is 6.15. The molecule has 2 atom stereocenters. The molecule has 0 radical (unpaired) electrons. The van der Waals surface area contributed by atoms with Gasteiger partial charge in [0.2, 0.25) is 0 Å². The molecule has 128 valence electrons. The van der Waals surface area contributed by atoms with Crippen LogP contribution in [0.2, 0.25) is 0 Å². The third-order valence-electron chi connectivity index (χ3n) is 3.80. The smallest absolute Gasteiger partial charge is 0.330 e. The molecule has 1 aliphatic heterocycles. The molecule has 0 fully saturated rings. The molecule has 7 nitrogen and oxygen atoms in total. The van der Waals surface area contributed by atoms with E-state index in [0.717, 1.165) is 4.90 Å². The summed E-state index contributed by atoms with van der Waals surface area (Å²) in [6, 6.07) is 5.29. The Morgan fingerprint density at radius 2 is 1.58 bits per heavy atom. The number of hydrogen-bond acceptors (Lipinski definition) is 5. The highest BCUT2D eigenvalue weighted by atomic mass is 16.5. The minimum atomic E-state index is -1.14.